The van der Waals surface area contributed by atoms with E-state index in [1.807, 2.05) is 0 Å². The molecular formula is C14H34O2Si2. The van der Waals surface area contributed by atoms with E-state index >= 15 is 0 Å². The second-order valence-corrected chi connectivity index (χ2v) is 15.3. The smallest absolute Gasteiger partial charge is 0.189 e. The van der Waals surface area contributed by atoms with Gasteiger partial charge in [-0.2, -0.15) is 0 Å². The van der Waals surface area contributed by atoms with Gasteiger partial charge in [-0.15, -0.1) is 0 Å². The van der Waals surface area contributed by atoms with Crippen molar-refractivity contribution in [3.8, 4) is 0 Å². The number of hydrogen-bond donors (Lipinski definition) is 0. The summed E-state index contributed by atoms with van der Waals surface area (Å²) in [6.45, 7) is 17.9. The summed E-state index contributed by atoms with van der Waals surface area (Å²) in [5, 5.41) is 0. The van der Waals surface area contributed by atoms with E-state index in [9.17, 15) is 0 Å². The molecule has 0 aliphatic carbocycles. The average Bonchev–Trinajstić information content (AvgIpc) is 2.13. The lowest BCUT2D eigenvalue weighted by molar-refractivity contribution is 0.225. The highest BCUT2D eigenvalue weighted by atomic mass is 28.4. The third-order valence-electron chi connectivity index (χ3n) is 3.31. The third kappa shape index (κ3) is 8.45. The van der Waals surface area contributed by atoms with Gasteiger partial charge >= 0.3 is 0 Å². The van der Waals surface area contributed by atoms with Crippen molar-refractivity contribution >= 4 is 16.6 Å². The van der Waals surface area contributed by atoms with Gasteiger partial charge in [-0.1, -0.05) is 13.3 Å². The van der Waals surface area contributed by atoms with Gasteiger partial charge in [0.25, 0.3) is 0 Å². The van der Waals surface area contributed by atoms with Crippen molar-refractivity contribution in [1.82, 2.24) is 0 Å². The lowest BCUT2D eigenvalue weighted by Crippen LogP contribution is -2.38. The quantitative estimate of drug-likeness (QED) is 0.555. The molecule has 0 aromatic heterocycles. The van der Waals surface area contributed by atoms with Gasteiger partial charge < -0.3 is 8.85 Å². The normalized spacial score (nSPS) is 16.3. The summed E-state index contributed by atoms with van der Waals surface area (Å²) in [4.78, 5) is 0. The van der Waals surface area contributed by atoms with Gasteiger partial charge in [-0.3, -0.25) is 0 Å². The fourth-order valence-electron chi connectivity index (χ4n) is 2.47. The predicted octanol–water partition coefficient (Wildman–Crippen LogP) is 5.03. The van der Waals surface area contributed by atoms with Crippen molar-refractivity contribution in [2.75, 3.05) is 0 Å². The first-order valence-electron chi connectivity index (χ1n) is 7.46. The van der Waals surface area contributed by atoms with Crippen molar-refractivity contribution in [2.45, 2.75) is 91.0 Å². The molecule has 0 aromatic rings. The van der Waals surface area contributed by atoms with Crippen molar-refractivity contribution in [2.24, 2.45) is 0 Å². The van der Waals surface area contributed by atoms with E-state index in [1.54, 1.807) is 0 Å². The summed E-state index contributed by atoms with van der Waals surface area (Å²) in [7, 11) is -2.91. The van der Waals surface area contributed by atoms with Crippen molar-refractivity contribution in [3.05, 3.63) is 0 Å². The molecule has 0 spiro atoms. The van der Waals surface area contributed by atoms with E-state index in [2.05, 4.69) is 54.3 Å². The van der Waals surface area contributed by atoms with E-state index in [0.717, 1.165) is 0 Å². The van der Waals surface area contributed by atoms with Crippen LogP contribution >= 0.6 is 0 Å². The predicted molar refractivity (Wildman–Crippen MR) is 86.3 cm³/mol. The summed E-state index contributed by atoms with van der Waals surface area (Å²) in [5.41, 5.74) is 0. The summed E-state index contributed by atoms with van der Waals surface area (Å²) in [6, 6.07) is 3.76. The molecular weight excluding hydrogens is 256 g/mol. The molecule has 0 saturated heterocycles. The molecule has 0 aromatic carbocycles. The number of rotatable bonds is 9. The van der Waals surface area contributed by atoms with Crippen LogP contribution in [0.3, 0.4) is 0 Å². The molecule has 110 valence electrons. The van der Waals surface area contributed by atoms with Crippen LogP contribution in [0, 0.1) is 0 Å². The summed E-state index contributed by atoms with van der Waals surface area (Å²) in [5.74, 6) is 0. The third-order valence-corrected chi connectivity index (χ3v) is 9.92. The Hall–Kier alpha value is 0.354. The topological polar surface area (TPSA) is 18.5 Å². The van der Waals surface area contributed by atoms with Crippen LogP contribution in [-0.2, 0) is 8.85 Å². The van der Waals surface area contributed by atoms with Crippen LogP contribution in [0.4, 0.5) is 0 Å². The molecule has 0 radical (unpaired) electrons. The van der Waals surface area contributed by atoms with Gasteiger partial charge in [-0.05, 0) is 65.5 Å². The van der Waals surface area contributed by atoms with Gasteiger partial charge in [0.2, 0.25) is 0 Å². The van der Waals surface area contributed by atoms with Crippen LogP contribution in [0.25, 0.3) is 0 Å². The standard InChI is InChI=1S/C14H34O2Si2/c1-9-18(8,16-14(4)5)12-10-11-17(6,7)15-13(2)3/h13-14H,9-12H2,1-8H3. The monoisotopic (exact) mass is 290 g/mol. The molecule has 0 aliphatic heterocycles. The van der Waals surface area contributed by atoms with Crippen LogP contribution in [0.5, 0.6) is 0 Å². The van der Waals surface area contributed by atoms with Crippen LogP contribution in [0.2, 0.25) is 37.8 Å². The first-order valence-corrected chi connectivity index (χ1v) is 13.4. The van der Waals surface area contributed by atoms with E-state index in [4.69, 9.17) is 8.85 Å². The highest BCUT2D eigenvalue weighted by Crippen LogP contribution is 2.25. The van der Waals surface area contributed by atoms with Crippen LogP contribution in [-0.4, -0.2) is 28.8 Å². The molecule has 18 heavy (non-hydrogen) atoms. The molecule has 0 saturated carbocycles. The van der Waals surface area contributed by atoms with Crippen LogP contribution in [0.1, 0.15) is 41.0 Å². The second kappa shape index (κ2) is 7.83. The Morgan fingerprint density at radius 1 is 0.833 bits per heavy atom. The molecule has 2 nitrogen and oxygen atoms in total. The summed E-state index contributed by atoms with van der Waals surface area (Å²) < 4.78 is 12.3. The molecule has 0 N–H and O–H groups in total. The molecule has 1 atom stereocenters. The van der Waals surface area contributed by atoms with E-state index < -0.39 is 16.6 Å². The first-order chi connectivity index (χ1) is 8.10. The molecule has 0 aliphatic rings. The second-order valence-electron chi connectivity index (χ2n) is 6.75. The lowest BCUT2D eigenvalue weighted by Gasteiger charge is -2.31. The minimum absolute atomic E-state index is 0.369. The Bertz CT molecular complexity index is 230. The van der Waals surface area contributed by atoms with Gasteiger partial charge in [0, 0.05) is 12.2 Å². The van der Waals surface area contributed by atoms with Gasteiger partial charge in [-0.25, -0.2) is 0 Å². The maximum absolute atomic E-state index is 6.20. The zero-order chi connectivity index (χ0) is 14.4. The fraction of sp³-hybridized carbons (Fsp3) is 1.00. The Morgan fingerprint density at radius 2 is 1.33 bits per heavy atom. The molecule has 4 heteroatoms. The van der Waals surface area contributed by atoms with Crippen molar-refractivity contribution in [3.63, 3.8) is 0 Å². The molecule has 0 amide bonds. The molecule has 0 heterocycles. The molecule has 0 rings (SSSR count). The SMILES string of the molecule is CC[Si](C)(CCC[Si](C)(C)OC(C)C)OC(C)C. The van der Waals surface area contributed by atoms with Gasteiger partial charge in [0.15, 0.2) is 16.6 Å². The Balaban J connectivity index is 4.14. The zero-order valence-corrected chi connectivity index (χ0v) is 15.8. The van der Waals surface area contributed by atoms with E-state index in [-0.39, 0.29) is 0 Å². The van der Waals surface area contributed by atoms with Gasteiger partial charge in [0.1, 0.15) is 0 Å². The Kier molecular flexibility index (Phi) is 7.98. The average molecular weight is 291 g/mol. The maximum atomic E-state index is 6.20. The minimum Gasteiger partial charge on any atom is -0.415 e. The van der Waals surface area contributed by atoms with E-state index in [1.165, 1.54) is 24.6 Å². The molecule has 1 unspecified atom stereocenters. The highest BCUT2D eigenvalue weighted by Gasteiger charge is 2.30. The zero-order valence-electron chi connectivity index (χ0n) is 13.8. The maximum Gasteiger partial charge on any atom is 0.189 e. The highest BCUT2D eigenvalue weighted by molar-refractivity contribution is 6.73. The Labute approximate surface area is 117 Å². The first kappa shape index (κ1) is 18.4. The fourth-order valence-corrected chi connectivity index (χ4v) is 7.95. The lowest BCUT2D eigenvalue weighted by atomic mass is 10.5. The molecule has 0 bridgehead atoms. The number of hydrogen-bond acceptors (Lipinski definition) is 2. The van der Waals surface area contributed by atoms with E-state index in [0.29, 0.717) is 12.2 Å². The van der Waals surface area contributed by atoms with Gasteiger partial charge in [0.05, 0.1) is 0 Å². The minimum atomic E-state index is -1.46. The summed E-state index contributed by atoms with van der Waals surface area (Å²) >= 11 is 0. The molecule has 0 fully saturated rings. The Morgan fingerprint density at radius 3 is 1.72 bits per heavy atom. The van der Waals surface area contributed by atoms with Crippen LogP contribution < -0.4 is 0 Å². The summed E-state index contributed by atoms with van der Waals surface area (Å²) in [6.07, 6.45) is 2.02. The van der Waals surface area contributed by atoms with Crippen LogP contribution in [0.15, 0.2) is 0 Å². The largest absolute Gasteiger partial charge is 0.415 e. The van der Waals surface area contributed by atoms with Crippen molar-refractivity contribution in [1.29, 1.82) is 0 Å². The van der Waals surface area contributed by atoms with Crippen molar-refractivity contribution < 1.29 is 8.85 Å².